The minimum Gasteiger partial charge on any atom is -0.379 e. The summed E-state index contributed by atoms with van der Waals surface area (Å²) < 4.78 is 65.3. The lowest BCUT2D eigenvalue weighted by molar-refractivity contribution is -0.138. The molecule has 4 fully saturated rings. The maximum Gasteiger partial charge on any atom is 0.416 e. The summed E-state index contributed by atoms with van der Waals surface area (Å²) in [6, 6.07) is 10.1. The number of halogens is 4. The summed E-state index contributed by atoms with van der Waals surface area (Å²) in [7, 11) is 1.66. The predicted octanol–water partition coefficient (Wildman–Crippen LogP) is 4.57. The molecule has 0 unspecified atom stereocenters. The van der Waals surface area contributed by atoms with E-state index in [1.807, 2.05) is 0 Å². The normalized spacial score (nSPS) is 24.4. The second kappa shape index (κ2) is 8.59. The number of aromatic nitrogens is 3. The standard InChI is InChI=1S/C28H27F4N5O2/c1-35-15-33-34-25(35)24(29)27(13-39-14-27)18-3-2-4-19(9-18)37-12-22-21(26(37)38)7-17(8-23(22)28(30,31)32)11-36-10-16-5-20(36)6-16/h2-4,7-9,15-16,20,24H,5-6,10-14H2,1H3/t16?,20?,24-/m0/s1. The van der Waals surface area contributed by atoms with Crippen LogP contribution in [0.1, 0.15) is 57.4 Å². The highest BCUT2D eigenvalue weighted by molar-refractivity contribution is 6.10. The fourth-order valence-electron chi connectivity index (χ4n) is 6.61. The van der Waals surface area contributed by atoms with Crippen molar-refractivity contribution in [2.24, 2.45) is 13.0 Å². The summed E-state index contributed by atoms with van der Waals surface area (Å²) in [6.07, 6.45) is -2.48. The van der Waals surface area contributed by atoms with Crippen LogP contribution in [-0.2, 0) is 36.5 Å². The van der Waals surface area contributed by atoms with Gasteiger partial charge in [-0.05, 0) is 59.7 Å². The zero-order chi connectivity index (χ0) is 27.1. The van der Waals surface area contributed by atoms with Gasteiger partial charge in [-0.2, -0.15) is 13.2 Å². The molecule has 1 aromatic heterocycles. The van der Waals surface area contributed by atoms with Crippen LogP contribution in [0.2, 0.25) is 0 Å². The molecule has 0 radical (unpaired) electrons. The van der Waals surface area contributed by atoms with Gasteiger partial charge in [0.2, 0.25) is 0 Å². The number of alkyl halides is 4. The number of ether oxygens (including phenoxy) is 1. The van der Waals surface area contributed by atoms with Crippen LogP contribution < -0.4 is 4.90 Å². The van der Waals surface area contributed by atoms with E-state index in [1.165, 1.54) is 21.9 Å². The Morgan fingerprint density at radius 3 is 2.59 bits per heavy atom. The molecule has 3 saturated heterocycles. The minimum absolute atomic E-state index is 0.0171. The third-order valence-corrected chi connectivity index (χ3v) is 8.92. The second-order valence-electron chi connectivity index (χ2n) is 11.3. The van der Waals surface area contributed by atoms with Gasteiger partial charge in [0.25, 0.3) is 5.91 Å². The summed E-state index contributed by atoms with van der Waals surface area (Å²) in [6.45, 7) is 1.32. The van der Waals surface area contributed by atoms with E-state index in [9.17, 15) is 18.0 Å². The minimum atomic E-state index is -4.59. The van der Waals surface area contributed by atoms with E-state index in [2.05, 4.69) is 15.1 Å². The van der Waals surface area contributed by atoms with Crippen LogP contribution in [0.4, 0.5) is 23.2 Å². The molecular weight excluding hydrogens is 514 g/mol. The van der Waals surface area contributed by atoms with Crippen molar-refractivity contribution in [1.82, 2.24) is 19.7 Å². The van der Waals surface area contributed by atoms with Crippen LogP contribution >= 0.6 is 0 Å². The lowest BCUT2D eigenvalue weighted by atomic mass is 9.74. The number of carbonyl (C=O) groups excluding carboxylic acids is 1. The molecule has 7 nitrogen and oxygen atoms in total. The molecule has 204 valence electrons. The first kappa shape index (κ1) is 24.7. The van der Waals surface area contributed by atoms with E-state index in [1.54, 1.807) is 37.4 Å². The van der Waals surface area contributed by atoms with Crippen molar-refractivity contribution >= 4 is 11.6 Å². The highest BCUT2D eigenvalue weighted by atomic mass is 19.4. The average molecular weight is 542 g/mol. The first-order chi connectivity index (χ1) is 18.6. The Kier molecular flexibility index (Phi) is 5.44. The van der Waals surface area contributed by atoms with Gasteiger partial charge in [0.1, 0.15) is 6.33 Å². The number of anilines is 1. The number of amides is 1. The zero-order valence-corrected chi connectivity index (χ0v) is 21.3. The molecule has 2 aromatic carbocycles. The lowest BCUT2D eigenvalue weighted by Crippen LogP contribution is -2.50. The van der Waals surface area contributed by atoms with Crippen molar-refractivity contribution in [2.45, 2.75) is 49.7 Å². The number of rotatable bonds is 6. The predicted molar refractivity (Wildman–Crippen MR) is 133 cm³/mol. The third-order valence-electron chi connectivity index (χ3n) is 8.92. The number of hydrogen-bond acceptors (Lipinski definition) is 5. The Morgan fingerprint density at radius 2 is 1.97 bits per heavy atom. The van der Waals surface area contributed by atoms with Gasteiger partial charge in [0, 0.05) is 37.4 Å². The van der Waals surface area contributed by atoms with E-state index < -0.39 is 29.2 Å². The molecule has 8 rings (SSSR count). The van der Waals surface area contributed by atoms with Gasteiger partial charge in [-0.15, -0.1) is 10.2 Å². The van der Waals surface area contributed by atoms with Crippen molar-refractivity contribution in [3.63, 3.8) is 0 Å². The number of fused-ring (bicyclic) bond motifs is 2. The Balaban J connectivity index is 1.22. The van der Waals surface area contributed by atoms with Crippen LogP contribution in [0, 0.1) is 5.92 Å². The Bertz CT molecular complexity index is 1460. The van der Waals surface area contributed by atoms with E-state index in [0.717, 1.165) is 19.4 Å². The summed E-state index contributed by atoms with van der Waals surface area (Å²) in [5, 5.41) is 7.70. The second-order valence-corrected chi connectivity index (χ2v) is 11.3. The largest absolute Gasteiger partial charge is 0.416 e. The first-order valence-corrected chi connectivity index (χ1v) is 13.1. The molecule has 1 saturated carbocycles. The molecule has 0 spiro atoms. The summed E-state index contributed by atoms with van der Waals surface area (Å²) in [4.78, 5) is 17.1. The maximum absolute atomic E-state index is 15.8. The van der Waals surface area contributed by atoms with Crippen LogP contribution in [0.15, 0.2) is 42.7 Å². The molecule has 2 bridgehead atoms. The van der Waals surface area contributed by atoms with E-state index >= 15 is 4.39 Å². The number of hydrogen-bond donors (Lipinski definition) is 0. The van der Waals surface area contributed by atoms with Gasteiger partial charge in [-0.1, -0.05) is 12.1 Å². The van der Waals surface area contributed by atoms with Gasteiger partial charge in [-0.25, -0.2) is 4.39 Å². The Morgan fingerprint density at radius 1 is 1.18 bits per heavy atom. The fourth-order valence-corrected chi connectivity index (χ4v) is 6.61. The molecule has 1 aliphatic carbocycles. The summed E-state index contributed by atoms with van der Waals surface area (Å²) in [5.41, 5.74) is -0.212. The topological polar surface area (TPSA) is 63.5 Å². The van der Waals surface area contributed by atoms with Crippen molar-refractivity contribution < 1.29 is 27.1 Å². The van der Waals surface area contributed by atoms with Gasteiger partial charge >= 0.3 is 6.18 Å². The monoisotopic (exact) mass is 541 g/mol. The molecule has 4 aliphatic heterocycles. The van der Waals surface area contributed by atoms with Crippen LogP contribution in [0.3, 0.4) is 0 Å². The maximum atomic E-state index is 15.8. The molecule has 39 heavy (non-hydrogen) atoms. The van der Waals surface area contributed by atoms with Crippen molar-refractivity contribution in [2.75, 3.05) is 24.7 Å². The molecule has 3 aromatic rings. The van der Waals surface area contributed by atoms with Crippen molar-refractivity contribution in [3.05, 3.63) is 76.4 Å². The molecule has 11 heteroatoms. The lowest BCUT2D eigenvalue weighted by Gasteiger charge is -2.43. The number of aryl methyl sites for hydroxylation is 1. The zero-order valence-electron chi connectivity index (χ0n) is 21.3. The van der Waals surface area contributed by atoms with Crippen LogP contribution in [-0.4, -0.2) is 51.4 Å². The summed E-state index contributed by atoms with van der Waals surface area (Å²) in [5.74, 6) is 0.313. The fraction of sp³-hybridized carbons (Fsp3) is 0.464. The Hall–Kier alpha value is -3.31. The Labute approximate surface area is 222 Å². The van der Waals surface area contributed by atoms with Crippen molar-refractivity contribution in [1.29, 1.82) is 0 Å². The van der Waals surface area contributed by atoms with Crippen LogP contribution in [0.25, 0.3) is 0 Å². The van der Waals surface area contributed by atoms with E-state index in [0.29, 0.717) is 35.3 Å². The van der Waals surface area contributed by atoms with Gasteiger partial charge in [0.15, 0.2) is 12.0 Å². The van der Waals surface area contributed by atoms with Crippen LogP contribution in [0.5, 0.6) is 0 Å². The number of nitrogens with zero attached hydrogens (tertiary/aromatic N) is 5. The molecule has 1 atom stereocenters. The highest BCUT2D eigenvalue weighted by Crippen LogP contribution is 2.47. The first-order valence-electron chi connectivity index (χ1n) is 13.1. The van der Waals surface area contributed by atoms with Gasteiger partial charge in [-0.3, -0.25) is 9.69 Å². The van der Waals surface area contributed by atoms with Crippen molar-refractivity contribution in [3.8, 4) is 0 Å². The van der Waals surface area contributed by atoms with E-state index in [4.69, 9.17) is 4.74 Å². The average Bonchev–Trinajstić information content (AvgIpc) is 3.61. The SMILES string of the molecule is Cn1cnnc1[C@H](F)C1(c2cccc(N3Cc4c(cc(CN5CC6CC5C6)cc4C(F)(F)F)C3=O)c2)COC1. The smallest absolute Gasteiger partial charge is 0.379 e. The van der Waals surface area contributed by atoms with Gasteiger partial charge < -0.3 is 14.2 Å². The van der Waals surface area contributed by atoms with Gasteiger partial charge in [0.05, 0.1) is 30.7 Å². The quantitative estimate of drug-likeness (QED) is 0.428. The summed E-state index contributed by atoms with van der Waals surface area (Å²) >= 11 is 0. The number of carbonyl (C=O) groups is 1. The highest BCUT2D eigenvalue weighted by Gasteiger charge is 2.51. The molecule has 0 N–H and O–H groups in total. The van der Waals surface area contributed by atoms with E-state index in [-0.39, 0.29) is 36.7 Å². The molecule has 5 heterocycles. The molecule has 5 aliphatic rings. The molecular formula is C28H27F4N5O2. The number of benzene rings is 2. The molecule has 1 amide bonds. The third kappa shape index (κ3) is 3.81.